The van der Waals surface area contributed by atoms with E-state index in [0.29, 0.717) is 19.4 Å². The van der Waals surface area contributed by atoms with Gasteiger partial charge in [0.25, 0.3) is 0 Å². The Balaban J connectivity index is 1.68. The van der Waals surface area contributed by atoms with Crippen LogP contribution < -0.4 is 10.6 Å². The highest BCUT2D eigenvalue weighted by molar-refractivity contribution is 5.69. The Morgan fingerprint density at radius 2 is 1.35 bits per heavy atom. The van der Waals surface area contributed by atoms with Crippen molar-refractivity contribution in [3.63, 3.8) is 0 Å². The monoisotopic (exact) mass is 428 g/mol. The second-order valence-electron chi connectivity index (χ2n) is 6.97. The quantitative estimate of drug-likeness (QED) is 0.443. The Kier molecular flexibility index (Phi) is 10.4. The highest BCUT2D eigenvalue weighted by Crippen LogP contribution is 2.07. The van der Waals surface area contributed by atoms with Gasteiger partial charge >= 0.3 is 18.2 Å². The third-order valence-electron chi connectivity index (χ3n) is 4.45. The summed E-state index contributed by atoms with van der Waals surface area (Å²) in [6.07, 6.45) is 0.108. The first kappa shape index (κ1) is 23.7. The van der Waals surface area contributed by atoms with Gasteiger partial charge in [0.15, 0.2) is 0 Å². The fourth-order valence-corrected chi connectivity index (χ4v) is 2.83. The molecule has 2 amide bonds. The molecule has 0 bridgehead atoms. The lowest BCUT2D eigenvalue weighted by Crippen LogP contribution is -2.36. The second kappa shape index (κ2) is 13.6. The summed E-state index contributed by atoms with van der Waals surface area (Å²) in [6.45, 7) is 0.661. The number of hydrogen-bond donors (Lipinski definition) is 3. The number of ether oxygens (including phenoxy) is 2. The van der Waals surface area contributed by atoms with Gasteiger partial charge in [-0.1, -0.05) is 60.7 Å². The zero-order valence-corrected chi connectivity index (χ0v) is 17.3. The summed E-state index contributed by atoms with van der Waals surface area (Å²) in [5.41, 5.74) is 1.75. The molecule has 0 aliphatic rings. The fraction of sp³-hybridized carbons (Fsp3) is 0.348. The van der Waals surface area contributed by atoms with E-state index in [1.807, 2.05) is 60.7 Å². The average Bonchev–Trinajstić information content (AvgIpc) is 2.78. The predicted octanol–water partition coefficient (Wildman–Crippen LogP) is 3.85. The molecule has 0 aliphatic heterocycles. The molecule has 1 atom stereocenters. The Morgan fingerprint density at radius 3 is 1.90 bits per heavy atom. The van der Waals surface area contributed by atoms with Crippen LogP contribution in [-0.4, -0.2) is 35.8 Å². The summed E-state index contributed by atoms with van der Waals surface area (Å²) in [4.78, 5) is 34.7. The summed E-state index contributed by atoms with van der Waals surface area (Å²) < 4.78 is 10.3. The molecule has 0 spiro atoms. The molecule has 2 rings (SSSR count). The smallest absolute Gasteiger partial charge is 0.407 e. The zero-order chi connectivity index (χ0) is 22.3. The molecular formula is C23H28N2O6. The van der Waals surface area contributed by atoms with Crippen molar-refractivity contribution >= 4 is 18.2 Å². The van der Waals surface area contributed by atoms with Crippen LogP contribution in [-0.2, 0) is 27.5 Å². The third-order valence-corrected chi connectivity index (χ3v) is 4.45. The van der Waals surface area contributed by atoms with Crippen LogP contribution in [0, 0.1) is 0 Å². The van der Waals surface area contributed by atoms with Crippen LogP contribution in [0.1, 0.15) is 36.8 Å². The first-order chi connectivity index (χ1) is 15.0. The van der Waals surface area contributed by atoms with Crippen LogP contribution in [0.25, 0.3) is 0 Å². The molecule has 0 saturated heterocycles. The maximum Gasteiger partial charge on any atom is 0.407 e. The molecule has 0 fully saturated rings. The number of benzene rings is 2. The molecule has 2 aromatic rings. The molecule has 0 saturated carbocycles. The van der Waals surface area contributed by atoms with Gasteiger partial charge in [-0.15, -0.1) is 0 Å². The summed E-state index contributed by atoms with van der Waals surface area (Å²) in [7, 11) is 0. The molecule has 0 radical (unpaired) electrons. The van der Waals surface area contributed by atoms with Crippen LogP contribution in [0.2, 0.25) is 0 Å². The first-order valence-electron chi connectivity index (χ1n) is 10.2. The normalized spacial score (nSPS) is 11.2. The predicted molar refractivity (Wildman–Crippen MR) is 114 cm³/mol. The van der Waals surface area contributed by atoms with Crippen molar-refractivity contribution in [1.29, 1.82) is 0 Å². The maximum absolute atomic E-state index is 12.1. The third kappa shape index (κ3) is 10.7. The highest BCUT2D eigenvalue weighted by atomic mass is 16.6. The first-order valence-corrected chi connectivity index (χ1v) is 10.2. The molecular weight excluding hydrogens is 400 g/mol. The van der Waals surface area contributed by atoms with Crippen molar-refractivity contribution in [1.82, 2.24) is 10.6 Å². The van der Waals surface area contributed by atoms with E-state index in [0.717, 1.165) is 11.1 Å². The van der Waals surface area contributed by atoms with Crippen LogP contribution >= 0.6 is 0 Å². The molecule has 31 heavy (non-hydrogen) atoms. The SMILES string of the molecule is O=C(O)CC[C@H](CCCNC(=O)OCc1ccccc1)NC(=O)OCc1ccccc1. The topological polar surface area (TPSA) is 114 Å². The molecule has 0 aliphatic carbocycles. The molecule has 0 heterocycles. The lowest BCUT2D eigenvalue weighted by molar-refractivity contribution is -0.137. The summed E-state index contributed by atoms with van der Waals surface area (Å²) in [6, 6.07) is 18.2. The van der Waals surface area contributed by atoms with Gasteiger partial charge in [-0.3, -0.25) is 4.79 Å². The molecule has 0 unspecified atom stereocenters. The number of hydrogen-bond acceptors (Lipinski definition) is 5. The van der Waals surface area contributed by atoms with Crippen molar-refractivity contribution in [3.05, 3.63) is 71.8 Å². The van der Waals surface area contributed by atoms with Gasteiger partial charge in [-0.25, -0.2) is 9.59 Å². The van der Waals surface area contributed by atoms with Gasteiger partial charge < -0.3 is 25.2 Å². The van der Waals surface area contributed by atoms with Crippen LogP contribution in [0.15, 0.2) is 60.7 Å². The number of aliphatic carboxylic acids is 1. The molecule has 0 aromatic heterocycles. The van der Waals surface area contributed by atoms with Gasteiger partial charge in [-0.2, -0.15) is 0 Å². The van der Waals surface area contributed by atoms with Crippen LogP contribution in [0.3, 0.4) is 0 Å². The van der Waals surface area contributed by atoms with Crippen molar-refractivity contribution in [3.8, 4) is 0 Å². The minimum absolute atomic E-state index is 0.0732. The lowest BCUT2D eigenvalue weighted by Gasteiger charge is -2.18. The molecule has 8 nitrogen and oxygen atoms in total. The summed E-state index contributed by atoms with van der Waals surface area (Å²) in [5.74, 6) is -0.938. The van der Waals surface area contributed by atoms with Crippen molar-refractivity contribution < 1.29 is 29.0 Å². The van der Waals surface area contributed by atoms with Gasteiger partial charge in [0, 0.05) is 19.0 Å². The Bertz CT molecular complexity index is 813. The van der Waals surface area contributed by atoms with Gasteiger partial charge in [0.2, 0.25) is 0 Å². The summed E-state index contributed by atoms with van der Waals surface area (Å²) in [5, 5.41) is 14.3. The number of carbonyl (C=O) groups is 3. The van der Waals surface area contributed by atoms with Gasteiger partial charge in [0.1, 0.15) is 13.2 Å². The molecule has 166 valence electrons. The van der Waals surface area contributed by atoms with E-state index in [9.17, 15) is 14.4 Å². The number of carboxylic acid groups (broad SMARTS) is 1. The van der Waals surface area contributed by atoms with Crippen LogP contribution in [0.5, 0.6) is 0 Å². The lowest BCUT2D eigenvalue weighted by atomic mass is 10.1. The molecule has 2 aromatic carbocycles. The van der Waals surface area contributed by atoms with E-state index in [1.165, 1.54) is 0 Å². The number of alkyl carbamates (subject to hydrolysis) is 2. The Hall–Kier alpha value is -3.55. The number of carboxylic acids is 1. The standard InChI is InChI=1S/C23H28N2O6/c26-21(27)14-13-20(25-23(29)31-17-19-10-5-2-6-11-19)12-7-15-24-22(28)30-16-18-8-3-1-4-9-18/h1-6,8-11,20H,7,12-17H2,(H,24,28)(H,25,29)(H,26,27)/t20-/m0/s1. The van der Waals surface area contributed by atoms with E-state index in [-0.39, 0.29) is 32.1 Å². The number of amides is 2. The minimum Gasteiger partial charge on any atom is -0.481 e. The summed E-state index contributed by atoms with van der Waals surface area (Å²) >= 11 is 0. The van der Waals surface area contributed by atoms with Crippen molar-refractivity contribution in [2.75, 3.05) is 6.54 Å². The maximum atomic E-state index is 12.1. The average molecular weight is 428 g/mol. The number of nitrogens with one attached hydrogen (secondary N) is 2. The van der Waals surface area contributed by atoms with E-state index in [2.05, 4.69) is 10.6 Å². The molecule has 3 N–H and O–H groups in total. The second-order valence-corrected chi connectivity index (χ2v) is 6.97. The van der Waals surface area contributed by atoms with Gasteiger partial charge in [-0.05, 0) is 30.4 Å². The number of rotatable bonds is 12. The van der Waals surface area contributed by atoms with E-state index in [4.69, 9.17) is 14.6 Å². The van der Waals surface area contributed by atoms with E-state index in [1.54, 1.807) is 0 Å². The van der Waals surface area contributed by atoms with E-state index < -0.39 is 18.2 Å². The highest BCUT2D eigenvalue weighted by Gasteiger charge is 2.15. The van der Waals surface area contributed by atoms with Crippen LogP contribution in [0.4, 0.5) is 9.59 Å². The van der Waals surface area contributed by atoms with Crippen molar-refractivity contribution in [2.45, 2.75) is 44.9 Å². The minimum atomic E-state index is -0.938. The largest absolute Gasteiger partial charge is 0.481 e. The Labute approximate surface area is 181 Å². The van der Waals surface area contributed by atoms with Gasteiger partial charge in [0.05, 0.1) is 0 Å². The van der Waals surface area contributed by atoms with Crippen molar-refractivity contribution in [2.24, 2.45) is 0 Å². The Morgan fingerprint density at radius 1 is 0.806 bits per heavy atom. The zero-order valence-electron chi connectivity index (χ0n) is 17.3. The molecule has 8 heteroatoms. The fourth-order valence-electron chi connectivity index (χ4n) is 2.83. The van der Waals surface area contributed by atoms with E-state index >= 15 is 0 Å². The number of carbonyl (C=O) groups excluding carboxylic acids is 2.